The highest BCUT2D eigenvalue weighted by Gasteiger charge is 2.27. The van der Waals surface area contributed by atoms with Gasteiger partial charge in [-0.3, -0.25) is 9.59 Å². The lowest BCUT2D eigenvalue weighted by Gasteiger charge is -2.30. The van der Waals surface area contributed by atoms with Crippen LogP contribution >= 0.6 is 15.9 Å². The normalized spacial score (nSPS) is 16.7. The van der Waals surface area contributed by atoms with Crippen molar-refractivity contribution in [3.63, 3.8) is 0 Å². The molecule has 0 aromatic carbocycles. The smallest absolute Gasteiger partial charge is 0.270 e. The number of carbonyl (C=O) groups is 2. The molecule has 0 bridgehead atoms. The molecule has 5 nitrogen and oxygen atoms in total. The van der Waals surface area contributed by atoms with Crippen LogP contribution in [-0.4, -0.2) is 41.8 Å². The molecule has 0 spiro atoms. The fraction of sp³-hybridized carbons (Fsp3) is 0.500. The van der Waals surface area contributed by atoms with E-state index in [1.165, 1.54) is 0 Å². The first-order valence-electron chi connectivity index (χ1n) is 5.96. The van der Waals surface area contributed by atoms with Crippen molar-refractivity contribution in [1.29, 1.82) is 0 Å². The molecule has 0 saturated carbocycles. The van der Waals surface area contributed by atoms with E-state index in [0.29, 0.717) is 18.8 Å². The maximum absolute atomic E-state index is 12.1. The molecule has 1 saturated heterocycles. The maximum Gasteiger partial charge on any atom is 0.270 e. The average molecular weight is 314 g/mol. The lowest BCUT2D eigenvalue weighted by Crippen LogP contribution is -2.42. The molecule has 0 aliphatic carbocycles. The summed E-state index contributed by atoms with van der Waals surface area (Å²) in [5, 5.41) is 2.66. The van der Waals surface area contributed by atoms with Gasteiger partial charge >= 0.3 is 0 Å². The summed E-state index contributed by atoms with van der Waals surface area (Å²) >= 11 is 3.31. The Bertz CT molecular complexity index is 450. The van der Waals surface area contributed by atoms with E-state index in [2.05, 4.69) is 26.2 Å². The highest BCUT2D eigenvalue weighted by Crippen LogP contribution is 2.20. The van der Waals surface area contributed by atoms with Crippen LogP contribution < -0.4 is 5.32 Å². The van der Waals surface area contributed by atoms with E-state index < -0.39 is 0 Å². The molecule has 0 atom stereocenters. The number of hydrogen-bond donors (Lipinski definition) is 2. The summed E-state index contributed by atoms with van der Waals surface area (Å²) in [5.41, 5.74) is 0.584. The van der Waals surface area contributed by atoms with Gasteiger partial charge in [0.15, 0.2) is 0 Å². The van der Waals surface area contributed by atoms with Crippen molar-refractivity contribution < 1.29 is 9.59 Å². The second-order valence-corrected chi connectivity index (χ2v) is 5.33. The third kappa shape index (κ3) is 2.75. The Labute approximate surface area is 114 Å². The van der Waals surface area contributed by atoms with Crippen molar-refractivity contribution in [2.75, 3.05) is 20.1 Å². The topological polar surface area (TPSA) is 65.2 Å². The zero-order chi connectivity index (χ0) is 13.1. The standard InChI is InChI=1S/C12H16BrN3O2/c1-14-11(17)8-2-4-16(5-3-8)12(18)10-6-9(13)7-15-10/h6-8,15H,2-5H2,1H3,(H,14,17). The van der Waals surface area contributed by atoms with Crippen molar-refractivity contribution in [1.82, 2.24) is 15.2 Å². The number of carbonyl (C=O) groups excluding carboxylic acids is 2. The minimum absolute atomic E-state index is 0.00365. The lowest BCUT2D eigenvalue weighted by atomic mass is 9.96. The number of nitrogens with zero attached hydrogens (tertiary/aromatic N) is 1. The highest BCUT2D eigenvalue weighted by atomic mass is 79.9. The van der Waals surface area contributed by atoms with Gasteiger partial charge in [-0.05, 0) is 34.8 Å². The second kappa shape index (κ2) is 5.56. The van der Waals surface area contributed by atoms with Crippen molar-refractivity contribution in [3.8, 4) is 0 Å². The van der Waals surface area contributed by atoms with Gasteiger partial charge in [0.1, 0.15) is 5.69 Å². The van der Waals surface area contributed by atoms with E-state index in [-0.39, 0.29) is 17.7 Å². The number of piperidine rings is 1. The van der Waals surface area contributed by atoms with Gasteiger partial charge in [-0.25, -0.2) is 0 Å². The molecule has 18 heavy (non-hydrogen) atoms. The van der Waals surface area contributed by atoms with Crippen LogP contribution in [0.2, 0.25) is 0 Å². The number of nitrogens with one attached hydrogen (secondary N) is 2. The zero-order valence-electron chi connectivity index (χ0n) is 10.2. The Morgan fingerprint density at radius 1 is 1.44 bits per heavy atom. The van der Waals surface area contributed by atoms with Gasteiger partial charge in [-0.1, -0.05) is 0 Å². The number of likely N-dealkylation sites (tertiary alicyclic amines) is 1. The Morgan fingerprint density at radius 3 is 2.61 bits per heavy atom. The highest BCUT2D eigenvalue weighted by molar-refractivity contribution is 9.10. The number of aromatic amines is 1. The molecule has 1 aliphatic heterocycles. The largest absolute Gasteiger partial charge is 0.359 e. The molecule has 0 unspecified atom stereocenters. The van der Waals surface area contributed by atoms with Crippen LogP contribution in [0.5, 0.6) is 0 Å². The number of rotatable bonds is 2. The summed E-state index contributed by atoms with van der Waals surface area (Å²) in [5.74, 6) is 0.107. The van der Waals surface area contributed by atoms with Crippen LogP contribution in [0.4, 0.5) is 0 Å². The van der Waals surface area contributed by atoms with Crippen LogP contribution in [0.3, 0.4) is 0 Å². The van der Waals surface area contributed by atoms with E-state index in [9.17, 15) is 9.59 Å². The SMILES string of the molecule is CNC(=O)C1CCN(C(=O)c2cc(Br)c[nH]2)CC1. The quantitative estimate of drug-likeness (QED) is 0.866. The van der Waals surface area contributed by atoms with Gasteiger partial charge < -0.3 is 15.2 Å². The summed E-state index contributed by atoms with van der Waals surface area (Å²) in [6.07, 6.45) is 3.20. The fourth-order valence-corrected chi connectivity index (χ4v) is 2.55. The monoisotopic (exact) mass is 313 g/mol. The molecule has 2 rings (SSSR count). The summed E-state index contributed by atoms with van der Waals surface area (Å²) in [7, 11) is 1.65. The molecule has 0 radical (unpaired) electrons. The number of amides is 2. The molecule has 98 valence electrons. The molecule has 1 aromatic rings. The van der Waals surface area contributed by atoms with Crippen LogP contribution in [0.25, 0.3) is 0 Å². The minimum Gasteiger partial charge on any atom is -0.359 e. The summed E-state index contributed by atoms with van der Waals surface area (Å²) in [4.78, 5) is 28.3. The molecule has 2 amide bonds. The van der Waals surface area contributed by atoms with Crippen molar-refractivity contribution >= 4 is 27.7 Å². The molecule has 6 heteroatoms. The summed E-state index contributed by atoms with van der Waals surface area (Å²) in [6, 6.07) is 1.77. The van der Waals surface area contributed by atoms with Gasteiger partial charge in [-0.2, -0.15) is 0 Å². The predicted octanol–water partition coefficient (Wildman–Crippen LogP) is 1.38. The third-order valence-corrected chi connectivity index (χ3v) is 3.74. The predicted molar refractivity (Wildman–Crippen MR) is 71.2 cm³/mol. The van der Waals surface area contributed by atoms with Gasteiger partial charge in [0.2, 0.25) is 5.91 Å². The molecule has 1 aromatic heterocycles. The number of halogens is 1. The molecule has 2 heterocycles. The molecule has 2 N–H and O–H groups in total. The zero-order valence-corrected chi connectivity index (χ0v) is 11.8. The van der Waals surface area contributed by atoms with Crippen molar-refractivity contribution in [2.45, 2.75) is 12.8 Å². The second-order valence-electron chi connectivity index (χ2n) is 4.41. The maximum atomic E-state index is 12.1. The van der Waals surface area contributed by atoms with E-state index >= 15 is 0 Å². The van der Waals surface area contributed by atoms with Gasteiger partial charge in [-0.15, -0.1) is 0 Å². The van der Waals surface area contributed by atoms with Crippen LogP contribution in [-0.2, 0) is 4.79 Å². The first-order chi connectivity index (χ1) is 8.61. The lowest BCUT2D eigenvalue weighted by molar-refractivity contribution is -0.125. The van der Waals surface area contributed by atoms with Crippen molar-refractivity contribution in [3.05, 3.63) is 22.4 Å². The van der Waals surface area contributed by atoms with Crippen LogP contribution in [0, 0.1) is 5.92 Å². The van der Waals surface area contributed by atoms with Gasteiger partial charge in [0.05, 0.1) is 0 Å². The Kier molecular flexibility index (Phi) is 4.06. The number of hydrogen-bond acceptors (Lipinski definition) is 2. The summed E-state index contributed by atoms with van der Waals surface area (Å²) < 4.78 is 0.867. The van der Waals surface area contributed by atoms with Gasteiger partial charge in [0.25, 0.3) is 5.91 Å². The Morgan fingerprint density at radius 2 is 2.11 bits per heavy atom. The Balaban J connectivity index is 1.94. The van der Waals surface area contributed by atoms with E-state index in [1.807, 2.05) is 0 Å². The average Bonchev–Trinajstić information content (AvgIpc) is 2.84. The minimum atomic E-state index is -0.00365. The van der Waals surface area contributed by atoms with E-state index in [1.54, 1.807) is 24.2 Å². The van der Waals surface area contributed by atoms with E-state index in [0.717, 1.165) is 17.3 Å². The van der Waals surface area contributed by atoms with E-state index in [4.69, 9.17) is 0 Å². The Hall–Kier alpha value is -1.30. The van der Waals surface area contributed by atoms with Crippen LogP contribution in [0.1, 0.15) is 23.3 Å². The van der Waals surface area contributed by atoms with Crippen LogP contribution in [0.15, 0.2) is 16.7 Å². The molecular weight excluding hydrogens is 298 g/mol. The number of H-pyrrole nitrogens is 1. The molecular formula is C12H16BrN3O2. The fourth-order valence-electron chi connectivity index (χ4n) is 2.21. The number of aromatic nitrogens is 1. The van der Waals surface area contributed by atoms with Gasteiger partial charge in [0, 0.05) is 36.7 Å². The first-order valence-corrected chi connectivity index (χ1v) is 6.76. The summed E-state index contributed by atoms with van der Waals surface area (Å²) in [6.45, 7) is 1.26. The van der Waals surface area contributed by atoms with Crippen molar-refractivity contribution in [2.24, 2.45) is 5.92 Å². The first kappa shape index (κ1) is 13.1. The molecule has 1 aliphatic rings. The third-order valence-electron chi connectivity index (χ3n) is 3.28. The molecule has 1 fully saturated rings.